The van der Waals surface area contributed by atoms with Crippen molar-refractivity contribution in [1.29, 1.82) is 0 Å². The van der Waals surface area contributed by atoms with E-state index in [0.717, 1.165) is 11.3 Å². The summed E-state index contributed by atoms with van der Waals surface area (Å²) in [6.07, 6.45) is 0.447. The van der Waals surface area contributed by atoms with Crippen LogP contribution in [0.25, 0.3) is 0 Å². The average molecular weight is 333 g/mol. The van der Waals surface area contributed by atoms with Crippen molar-refractivity contribution >= 4 is 11.8 Å². The molecule has 1 heterocycles. The third-order valence-corrected chi connectivity index (χ3v) is 4.12. The van der Waals surface area contributed by atoms with Crippen LogP contribution in [0.5, 0.6) is 5.75 Å². The second kappa shape index (κ2) is 8.15. The van der Waals surface area contributed by atoms with E-state index < -0.39 is 6.04 Å². The first-order valence-electron chi connectivity index (χ1n) is 8.34. The molecule has 2 rings (SSSR count). The van der Waals surface area contributed by atoms with Gasteiger partial charge in [-0.15, -0.1) is 0 Å². The molecule has 24 heavy (non-hydrogen) atoms. The number of ether oxygens (including phenoxy) is 1. The molecule has 6 heteroatoms. The second-order valence-electron chi connectivity index (χ2n) is 6.52. The molecule has 0 spiro atoms. The molecule has 1 aliphatic rings. The van der Waals surface area contributed by atoms with Gasteiger partial charge in [0.2, 0.25) is 11.8 Å². The summed E-state index contributed by atoms with van der Waals surface area (Å²) in [7, 11) is 1.61. The first-order chi connectivity index (χ1) is 11.4. The number of hydrogen-bond acceptors (Lipinski definition) is 4. The van der Waals surface area contributed by atoms with Crippen molar-refractivity contribution in [2.75, 3.05) is 20.2 Å². The van der Waals surface area contributed by atoms with Crippen molar-refractivity contribution in [2.45, 2.75) is 45.3 Å². The zero-order valence-corrected chi connectivity index (χ0v) is 14.8. The highest BCUT2D eigenvalue weighted by atomic mass is 16.5. The highest BCUT2D eigenvalue weighted by Gasteiger charge is 2.30. The topological polar surface area (TPSA) is 70.7 Å². The van der Waals surface area contributed by atoms with E-state index in [1.807, 2.05) is 29.2 Å². The van der Waals surface area contributed by atoms with E-state index in [4.69, 9.17) is 4.74 Å². The smallest absolute Gasteiger partial charge is 0.245 e. The Hall–Kier alpha value is -2.08. The van der Waals surface area contributed by atoms with Gasteiger partial charge in [0.15, 0.2) is 0 Å². The lowest BCUT2D eigenvalue weighted by Crippen LogP contribution is -2.59. The average Bonchev–Trinajstić information content (AvgIpc) is 2.52. The molecule has 2 N–H and O–H groups in total. The normalized spacial score (nSPS) is 21.9. The van der Waals surface area contributed by atoms with E-state index in [9.17, 15) is 9.59 Å². The van der Waals surface area contributed by atoms with Crippen LogP contribution >= 0.6 is 0 Å². The molecule has 1 aliphatic heterocycles. The second-order valence-corrected chi connectivity index (χ2v) is 6.52. The molecule has 0 unspecified atom stereocenters. The molecule has 1 saturated heterocycles. The van der Waals surface area contributed by atoms with E-state index in [1.165, 1.54) is 6.92 Å². The molecule has 0 aromatic heterocycles. The minimum absolute atomic E-state index is 0.0341. The molecule has 1 fully saturated rings. The van der Waals surface area contributed by atoms with Crippen LogP contribution in [0.4, 0.5) is 0 Å². The molecule has 1 aromatic carbocycles. The lowest BCUT2D eigenvalue weighted by atomic mass is 10.0. The summed E-state index contributed by atoms with van der Waals surface area (Å²) in [4.78, 5) is 26.3. The lowest BCUT2D eigenvalue weighted by molar-refractivity contribution is -0.137. The third-order valence-electron chi connectivity index (χ3n) is 4.12. The van der Waals surface area contributed by atoms with Gasteiger partial charge in [-0.1, -0.05) is 12.1 Å². The Balaban J connectivity index is 2.14. The maximum Gasteiger partial charge on any atom is 0.245 e. The minimum Gasteiger partial charge on any atom is -0.497 e. The van der Waals surface area contributed by atoms with Gasteiger partial charge in [0.05, 0.1) is 7.11 Å². The summed E-state index contributed by atoms with van der Waals surface area (Å²) in [5.41, 5.74) is 0.956. The van der Waals surface area contributed by atoms with Gasteiger partial charge < -0.3 is 20.3 Å². The summed E-state index contributed by atoms with van der Waals surface area (Å²) in [6, 6.07) is 7.50. The van der Waals surface area contributed by atoms with E-state index in [-0.39, 0.29) is 23.9 Å². The highest BCUT2D eigenvalue weighted by molar-refractivity contribution is 5.87. The number of carbonyl (C=O) groups excluding carboxylic acids is 2. The Morgan fingerprint density at radius 3 is 2.58 bits per heavy atom. The lowest BCUT2D eigenvalue weighted by Gasteiger charge is -2.38. The van der Waals surface area contributed by atoms with Crippen LogP contribution in [-0.2, 0) is 16.0 Å². The number of amides is 2. The Kier molecular flexibility index (Phi) is 6.20. The van der Waals surface area contributed by atoms with Gasteiger partial charge in [-0.3, -0.25) is 9.59 Å². The molecular weight excluding hydrogens is 306 g/mol. The molecule has 1 aromatic rings. The standard InChI is InChI=1S/C18H27N3O3/c1-12-10-21(11-13(2)19-12)18(23)17(20-14(3)22)9-15-6-5-7-16(8-15)24-4/h5-8,12-13,17,19H,9-11H2,1-4H3,(H,20,22)/t12-,13-,17-/m0/s1. The first kappa shape index (κ1) is 18.3. The minimum atomic E-state index is -0.563. The molecule has 6 nitrogen and oxygen atoms in total. The predicted molar refractivity (Wildman–Crippen MR) is 92.9 cm³/mol. The van der Waals surface area contributed by atoms with Gasteiger partial charge in [-0.25, -0.2) is 0 Å². The molecule has 0 bridgehead atoms. The maximum atomic E-state index is 12.9. The SMILES string of the molecule is COc1cccc(C[C@H](NC(C)=O)C(=O)N2C[C@H](C)N[C@@H](C)C2)c1. The van der Waals surface area contributed by atoms with Crippen molar-refractivity contribution in [3.05, 3.63) is 29.8 Å². The number of methoxy groups -OCH3 is 1. The third kappa shape index (κ3) is 4.96. The van der Waals surface area contributed by atoms with E-state index >= 15 is 0 Å². The fourth-order valence-electron chi connectivity index (χ4n) is 3.21. The van der Waals surface area contributed by atoms with Crippen LogP contribution in [0.15, 0.2) is 24.3 Å². The summed E-state index contributed by atoms with van der Waals surface area (Å²) in [5, 5.41) is 6.21. The Labute approximate surface area is 143 Å². The number of benzene rings is 1. The van der Waals surface area contributed by atoms with E-state index in [1.54, 1.807) is 7.11 Å². The number of nitrogens with one attached hydrogen (secondary N) is 2. The van der Waals surface area contributed by atoms with Crippen molar-refractivity contribution < 1.29 is 14.3 Å². The van der Waals surface area contributed by atoms with Crippen LogP contribution < -0.4 is 15.4 Å². The predicted octanol–water partition coefficient (Wildman–Crippen LogP) is 0.951. The van der Waals surface area contributed by atoms with Crippen molar-refractivity contribution in [3.63, 3.8) is 0 Å². The van der Waals surface area contributed by atoms with Crippen LogP contribution in [0, 0.1) is 0 Å². The van der Waals surface area contributed by atoms with Gasteiger partial charge in [0.25, 0.3) is 0 Å². The fourth-order valence-corrected chi connectivity index (χ4v) is 3.21. The first-order valence-corrected chi connectivity index (χ1v) is 8.34. The van der Waals surface area contributed by atoms with Gasteiger partial charge in [-0.05, 0) is 31.5 Å². The fraction of sp³-hybridized carbons (Fsp3) is 0.556. The van der Waals surface area contributed by atoms with Crippen LogP contribution in [0.1, 0.15) is 26.3 Å². The quantitative estimate of drug-likeness (QED) is 0.842. The van der Waals surface area contributed by atoms with Crippen molar-refractivity contribution in [2.24, 2.45) is 0 Å². The monoisotopic (exact) mass is 333 g/mol. The largest absolute Gasteiger partial charge is 0.497 e. The summed E-state index contributed by atoms with van der Waals surface area (Å²) in [6.45, 7) is 6.86. The molecule has 132 valence electrons. The number of nitrogens with zero attached hydrogens (tertiary/aromatic N) is 1. The van der Waals surface area contributed by atoms with Crippen LogP contribution in [0.2, 0.25) is 0 Å². The summed E-state index contributed by atoms with van der Waals surface area (Å²) >= 11 is 0. The van der Waals surface area contributed by atoms with Crippen molar-refractivity contribution in [1.82, 2.24) is 15.5 Å². The number of carbonyl (C=O) groups is 2. The molecule has 0 aliphatic carbocycles. The van der Waals surface area contributed by atoms with Crippen LogP contribution in [-0.4, -0.2) is 55.0 Å². The Morgan fingerprint density at radius 1 is 1.33 bits per heavy atom. The van der Waals surface area contributed by atoms with Gasteiger partial charge in [0.1, 0.15) is 11.8 Å². The molecular formula is C18H27N3O3. The van der Waals surface area contributed by atoms with Gasteiger partial charge in [0, 0.05) is 38.5 Å². The summed E-state index contributed by atoms with van der Waals surface area (Å²) < 4.78 is 5.23. The zero-order valence-electron chi connectivity index (χ0n) is 14.8. The van der Waals surface area contributed by atoms with Crippen molar-refractivity contribution in [3.8, 4) is 5.75 Å². The van der Waals surface area contributed by atoms with Gasteiger partial charge >= 0.3 is 0 Å². The molecule has 2 amide bonds. The Bertz CT molecular complexity index is 581. The summed E-state index contributed by atoms with van der Waals surface area (Å²) in [5.74, 6) is 0.506. The highest BCUT2D eigenvalue weighted by Crippen LogP contribution is 2.15. The molecule has 3 atom stereocenters. The number of hydrogen-bond donors (Lipinski definition) is 2. The molecule has 0 radical (unpaired) electrons. The number of piperazine rings is 1. The molecule has 0 saturated carbocycles. The number of rotatable bonds is 5. The maximum absolute atomic E-state index is 12.9. The van der Waals surface area contributed by atoms with E-state index in [0.29, 0.717) is 19.5 Å². The van der Waals surface area contributed by atoms with Gasteiger partial charge in [-0.2, -0.15) is 0 Å². The van der Waals surface area contributed by atoms with E-state index in [2.05, 4.69) is 24.5 Å². The zero-order chi connectivity index (χ0) is 17.7. The van der Waals surface area contributed by atoms with Crippen LogP contribution in [0.3, 0.4) is 0 Å². The Morgan fingerprint density at radius 2 is 2.00 bits per heavy atom.